The van der Waals surface area contributed by atoms with Crippen molar-refractivity contribution in [1.29, 1.82) is 0 Å². The van der Waals surface area contributed by atoms with Gasteiger partial charge < -0.3 is 9.47 Å². The van der Waals surface area contributed by atoms with Crippen molar-refractivity contribution in [2.75, 3.05) is 6.79 Å². The van der Waals surface area contributed by atoms with E-state index in [0.717, 1.165) is 22.7 Å². The summed E-state index contributed by atoms with van der Waals surface area (Å²) in [6, 6.07) is 9.42. The molecule has 2 heterocycles. The van der Waals surface area contributed by atoms with Gasteiger partial charge in [0.2, 0.25) is 6.79 Å². The van der Waals surface area contributed by atoms with Crippen molar-refractivity contribution >= 4 is 11.9 Å². The predicted octanol–water partition coefficient (Wildman–Crippen LogP) is 2.56. The number of aliphatic imine (C=N–C) groups is 1. The van der Waals surface area contributed by atoms with Crippen LogP contribution in [-0.2, 0) is 0 Å². The molecule has 4 nitrogen and oxygen atoms in total. The highest BCUT2D eigenvalue weighted by molar-refractivity contribution is 5.81. The van der Waals surface area contributed by atoms with Gasteiger partial charge in [-0.1, -0.05) is 0 Å². The van der Waals surface area contributed by atoms with Gasteiger partial charge in [0.25, 0.3) is 0 Å². The van der Waals surface area contributed by atoms with Crippen molar-refractivity contribution in [1.82, 2.24) is 4.98 Å². The van der Waals surface area contributed by atoms with E-state index in [1.807, 2.05) is 30.3 Å². The Kier molecular flexibility index (Phi) is 2.46. The Balaban J connectivity index is 1.84. The molecule has 2 aromatic rings. The molecule has 0 saturated heterocycles. The van der Waals surface area contributed by atoms with Gasteiger partial charge in [-0.15, -0.1) is 0 Å². The van der Waals surface area contributed by atoms with Crippen LogP contribution in [0.4, 0.5) is 5.69 Å². The summed E-state index contributed by atoms with van der Waals surface area (Å²) in [4.78, 5) is 8.32. The molecule has 0 radical (unpaired) electrons. The highest BCUT2D eigenvalue weighted by atomic mass is 16.7. The van der Waals surface area contributed by atoms with Gasteiger partial charge in [0.15, 0.2) is 11.5 Å². The molecular formula is C13H10N2O2. The zero-order valence-electron chi connectivity index (χ0n) is 9.04. The summed E-state index contributed by atoms with van der Waals surface area (Å²) in [5.41, 5.74) is 1.85. The third kappa shape index (κ3) is 2.10. The summed E-state index contributed by atoms with van der Waals surface area (Å²) in [6.07, 6.45) is 5.27. The van der Waals surface area contributed by atoms with Gasteiger partial charge in [0.05, 0.1) is 5.69 Å². The van der Waals surface area contributed by atoms with E-state index in [1.165, 1.54) is 0 Å². The largest absolute Gasteiger partial charge is 0.454 e. The zero-order valence-corrected chi connectivity index (χ0v) is 9.04. The third-order valence-electron chi connectivity index (χ3n) is 2.42. The van der Waals surface area contributed by atoms with Crippen LogP contribution in [0.1, 0.15) is 5.56 Å². The van der Waals surface area contributed by atoms with Gasteiger partial charge in [-0.05, 0) is 29.8 Å². The molecule has 0 bridgehead atoms. The summed E-state index contributed by atoms with van der Waals surface area (Å²) in [5, 5.41) is 0. The van der Waals surface area contributed by atoms with E-state index in [2.05, 4.69) is 9.98 Å². The second-order valence-corrected chi connectivity index (χ2v) is 3.58. The third-order valence-corrected chi connectivity index (χ3v) is 2.42. The van der Waals surface area contributed by atoms with Gasteiger partial charge in [-0.3, -0.25) is 9.98 Å². The first-order valence-corrected chi connectivity index (χ1v) is 5.25. The first-order chi connectivity index (χ1) is 8.42. The van der Waals surface area contributed by atoms with Crippen LogP contribution in [0, 0.1) is 0 Å². The average Bonchev–Trinajstić information content (AvgIpc) is 2.85. The molecular weight excluding hydrogens is 216 g/mol. The van der Waals surface area contributed by atoms with Crippen molar-refractivity contribution < 1.29 is 9.47 Å². The second kappa shape index (κ2) is 4.25. The number of benzene rings is 1. The predicted molar refractivity (Wildman–Crippen MR) is 64.1 cm³/mol. The van der Waals surface area contributed by atoms with E-state index in [-0.39, 0.29) is 6.79 Å². The highest BCUT2D eigenvalue weighted by Crippen LogP contribution is 2.35. The van der Waals surface area contributed by atoms with E-state index in [4.69, 9.17) is 9.47 Å². The van der Waals surface area contributed by atoms with Crippen molar-refractivity contribution in [3.8, 4) is 11.5 Å². The number of hydrogen-bond acceptors (Lipinski definition) is 4. The molecule has 0 aliphatic carbocycles. The Bertz CT molecular complexity index is 553. The first-order valence-electron chi connectivity index (χ1n) is 5.25. The second-order valence-electron chi connectivity index (χ2n) is 3.58. The molecule has 1 aliphatic rings. The Hall–Kier alpha value is -2.36. The topological polar surface area (TPSA) is 43.7 Å². The molecule has 0 amide bonds. The van der Waals surface area contributed by atoms with Crippen LogP contribution in [0.2, 0.25) is 0 Å². The maximum absolute atomic E-state index is 5.29. The van der Waals surface area contributed by atoms with E-state index in [0.29, 0.717) is 0 Å². The molecule has 17 heavy (non-hydrogen) atoms. The average molecular weight is 226 g/mol. The van der Waals surface area contributed by atoms with Crippen LogP contribution in [-0.4, -0.2) is 18.0 Å². The normalized spacial score (nSPS) is 13.2. The lowest BCUT2D eigenvalue weighted by Crippen LogP contribution is -1.92. The van der Waals surface area contributed by atoms with Gasteiger partial charge in [-0.2, -0.15) is 0 Å². The maximum atomic E-state index is 5.29. The molecule has 1 aromatic heterocycles. The monoisotopic (exact) mass is 226 g/mol. The van der Waals surface area contributed by atoms with E-state index in [1.54, 1.807) is 18.6 Å². The fourth-order valence-corrected chi connectivity index (χ4v) is 1.56. The Labute approximate surface area is 98.6 Å². The van der Waals surface area contributed by atoms with E-state index < -0.39 is 0 Å². The molecule has 0 saturated carbocycles. The number of hydrogen-bond donors (Lipinski definition) is 0. The van der Waals surface area contributed by atoms with Gasteiger partial charge in [0, 0.05) is 24.7 Å². The Morgan fingerprint density at radius 2 is 1.88 bits per heavy atom. The van der Waals surface area contributed by atoms with Crippen molar-refractivity contribution in [2.24, 2.45) is 4.99 Å². The van der Waals surface area contributed by atoms with Crippen molar-refractivity contribution in [2.45, 2.75) is 0 Å². The quantitative estimate of drug-likeness (QED) is 0.739. The Morgan fingerprint density at radius 3 is 2.76 bits per heavy atom. The number of rotatable bonds is 2. The summed E-state index contributed by atoms with van der Waals surface area (Å²) < 4.78 is 10.5. The summed E-state index contributed by atoms with van der Waals surface area (Å²) in [6.45, 7) is 0.285. The fourth-order valence-electron chi connectivity index (χ4n) is 1.56. The van der Waals surface area contributed by atoms with E-state index in [9.17, 15) is 0 Å². The van der Waals surface area contributed by atoms with Crippen LogP contribution < -0.4 is 9.47 Å². The fraction of sp³-hybridized carbons (Fsp3) is 0.0769. The lowest BCUT2D eigenvalue weighted by Gasteiger charge is -1.97. The number of fused-ring (bicyclic) bond motifs is 1. The summed E-state index contributed by atoms with van der Waals surface area (Å²) in [5.74, 6) is 1.52. The van der Waals surface area contributed by atoms with Gasteiger partial charge in [-0.25, -0.2) is 0 Å². The molecule has 0 N–H and O–H groups in total. The molecule has 0 atom stereocenters. The minimum atomic E-state index is 0.285. The smallest absolute Gasteiger partial charge is 0.231 e. The van der Waals surface area contributed by atoms with E-state index >= 15 is 0 Å². The minimum absolute atomic E-state index is 0.285. The lowest BCUT2D eigenvalue weighted by molar-refractivity contribution is 0.174. The number of ether oxygens (including phenoxy) is 2. The molecule has 1 aliphatic heterocycles. The summed E-state index contributed by atoms with van der Waals surface area (Å²) >= 11 is 0. The maximum Gasteiger partial charge on any atom is 0.231 e. The minimum Gasteiger partial charge on any atom is -0.454 e. The summed E-state index contributed by atoms with van der Waals surface area (Å²) in [7, 11) is 0. The number of nitrogens with zero attached hydrogens (tertiary/aromatic N) is 2. The van der Waals surface area contributed by atoms with Crippen molar-refractivity contribution in [3.63, 3.8) is 0 Å². The SMILES string of the molecule is C(=Nc1ccc2c(c1)OCO2)c1ccncc1. The highest BCUT2D eigenvalue weighted by Gasteiger charge is 2.12. The number of aromatic nitrogens is 1. The molecule has 0 fully saturated rings. The van der Waals surface area contributed by atoms with Crippen molar-refractivity contribution in [3.05, 3.63) is 48.3 Å². The standard InChI is InChI=1S/C13H10N2O2/c1-2-12-13(17-9-16-12)7-11(1)15-8-10-3-5-14-6-4-10/h1-8H,9H2. The zero-order chi connectivity index (χ0) is 11.5. The van der Waals surface area contributed by atoms with Crippen LogP contribution in [0.25, 0.3) is 0 Å². The Morgan fingerprint density at radius 1 is 1.06 bits per heavy atom. The molecule has 84 valence electrons. The van der Waals surface area contributed by atoms with Crippen LogP contribution in [0.15, 0.2) is 47.7 Å². The molecule has 3 rings (SSSR count). The van der Waals surface area contributed by atoms with Crippen LogP contribution in [0.3, 0.4) is 0 Å². The van der Waals surface area contributed by atoms with Crippen LogP contribution in [0.5, 0.6) is 11.5 Å². The molecule has 0 spiro atoms. The number of pyridine rings is 1. The first kappa shape index (κ1) is 9.84. The molecule has 1 aromatic carbocycles. The molecule has 0 unspecified atom stereocenters. The van der Waals surface area contributed by atoms with Gasteiger partial charge in [0.1, 0.15) is 0 Å². The van der Waals surface area contributed by atoms with Gasteiger partial charge >= 0.3 is 0 Å². The lowest BCUT2D eigenvalue weighted by atomic mass is 10.2. The molecule has 4 heteroatoms. The van der Waals surface area contributed by atoms with Crippen LogP contribution >= 0.6 is 0 Å².